The minimum Gasteiger partial charge on any atom is -0.486 e. The van der Waals surface area contributed by atoms with Gasteiger partial charge >= 0.3 is 0 Å². The number of methoxy groups -OCH3 is 1. The first-order valence-corrected chi connectivity index (χ1v) is 10.3. The second-order valence-electron chi connectivity index (χ2n) is 7.70. The Bertz CT molecular complexity index is 1020. The predicted octanol–water partition coefficient (Wildman–Crippen LogP) is 2.71. The van der Waals surface area contributed by atoms with Crippen LogP contribution < -0.4 is 15.2 Å². The fourth-order valence-electron chi connectivity index (χ4n) is 4.20. The maximum atomic E-state index is 6.24. The molecule has 1 aliphatic carbocycles. The molecule has 1 aromatic carbocycles. The van der Waals surface area contributed by atoms with Crippen molar-refractivity contribution in [3.63, 3.8) is 0 Å². The van der Waals surface area contributed by atoms with Crippen LogP contribution in [0, 0.1) is 0 Å². The van der Waals surface area contributed by atoms with E-state index >= 15 is 0 Å². The highest BCUT2D eigenvalue weighted by Gasteiger charge is 2.33. The Morgan fingerprint density at radius 1 is 1.10 bits per heavy atom. The average molecular weight is 407 g/mol. The van der Waals surface area contributed by atoms with E-state index in [-0.39, 0.29) is 18.1 Å². The highest BCUT2D eigenvalue weighted by molar-refractivity contribution is 5.52. The van der Waals surface area contributed by atoms with Crippen LogP contribution in [0.1, 0.15) is 31.0 Å². The molecule has 3 heterocycles. The van der Waals surface area contributed by atoms with E-state index < -0.39 is 0 Å². The van der Waals surface area contributed by atoms with Crippen molar-refractivity contribution in [2.75, 3.05) is 20.3 Å². The monoisotopic (exact) mass is 407 g/mol. The molecule has 0 radical (unpaired) electrons. The molecule has 1 fully saturated rings. The van der Waals surface area contributed by atoms with Crippen molar-refractivity contribution in [3.05, 3.63) is 48.4 Å². The molecule has 5 rings (SSSR count). The van der Waals surface area contributed by atoms with Gasteiger partial charge in [-0.05, 0) is 43.5 Å². The van der Waals surface area contributed by atoms with Crippen molar-refractivity contribution in [2.45, 2.75) is 37.3 Å². The second kappa shape index (κ2) is 8.04. The molecule has 0 bridgehead atoms. The van der Waals surface area contributed by atoms with Gasteiger partial charge in [0.25, 0.3) is 0 Å². The Balaban J connectivity index is 1.58. The quantitative estimate of drug-likeness (QED) is 0.710. The summed E-state index contributed by atoms with van der Waals surface area (Å²) in [5, 5.41) is 4.82. The smallest absolute Gasteiger partial charge is 0.200 e. The lowest BCUT2D eigenvalue weighted by Gasteiger charge is -2.32. The molecule has 1 aliphatic heterocycles. The number of pyridine rings is 1. The summed E-state index contributed by atoms with van der Waals surface area (Å²) in [5.74, 6) is 3.15. The molecule has 2 aliphatic rings. The Kier molecular flexibility index (Phi) is 5.10. The molecule has 2 N–H and O–H groups in total. The van der Waals surface area contributed by atoms with E-state index in [1.54, 1.807) is 13.3 Å². The summed E-state index contributed by atoms with van der Waals surface area (Å²) in [7, 11) is 1.72. The topological polar surface area (TPSA) is 97.3 Å². The largest absolute Gasteiger partial charge is 0.486 e. The standard InChI is InChI=1S/C22H25N5O3/c1-28-19-12-14(5-7-16(19)23)22-25-21(17-4-2-3-9-24-17)26-27(22)15-6-8-18-20(13-15)30-11-10-29-18/h2-4,6,8-9,13-14,16,19H,5,7,10-12,23H2,1H3/t14-,16-,19-/m0/s1. The SMILES string of the molecule is CO[C@H]1C[C@@H](c2nc(-c3ccccn3)nn2-c2ccc3c(c2)OCCO3)CC[C@@H]1N. The summed E-state index contributed by atoms with van der Waals surface area (Å²) in [6, 6.07) is 11.6. The average Bonchev–Trinajstić information content (AvgIpc) is 3.25. The fraction of sp³-hybridized carbons (Fsp3) is 0.409. The van der Waals surface area contributed by atoms with Crippen LogP contribution in [0.25, 0.3) is 17.2 Å². The van der Waals surface area contributed by atoms with Crippen LogP contribution in [0.2, 0.25) is 0 Å². The number of benzene rings is 1. The van der Waals surface area contributed by atoms with E-state index in [1.807, 2.05) is 41.1 Å². The maximum Gasteiger partial charge on any atom is 0.200 e. The first kappa shape index (κ1) is 19.0. The molecule has 0 spiro atoms. The van der Waals surface area contributed by atoms with Gasteiger partial charge in [0.15, 0.2) is 17.3 Å². The molecule has 0 unspecified atom stereocenters. The maximum absolute atomic E-state index is 6.24. The zero-order chi connectivity index (χ0) is 20.5. The Labute approximate surface area is 175 Å². The van der Waals surface area contributed by atoms with Crippen molar-refractivity contribution >= 4 is 0 Å². The Morgan fingerprint density at radius 2 is 1.97 bits per heavy atom. The fourth-order valence-corrected chi connectivity index (χ4v) is 4.20. The zero-order valence-corrected chi connectivity index (χ0v) is 16.9. The van der Waals surface area contributed by atoms with Crippen molar-refractivity contribution in [1.29, 1.82) is 0 Å². The predicted molar refractivity (Wildman–Crippen MR) is 111 cm³/mol. The van der Waals surface area contributed by atoms with Crippen LogP contribution in [0.3, 0.4) is 0 Å². The molecular formula is C22H25N5O3. The summed E-state index contributed by atoms with van der Waals surface area (Å²) < 4.78 is 19.0. The lowest BCUT2D eigenvalue weighted by molar-refractivity contribution is 0.0459. The highest BCUT2D eigenvalue weighted by atomic mass is 16.6. The Morgan fingerprint density at radius 3 is 2.77 bits per heavy atom. The van der Waals surface area contributed by atoms with Gasteiger partial charge in [-0.3, -0.25) is 4.98 Å². The van der Waals surface area contributed by atoms with Gasteiger partial charge in [-0.1, -0.05) is 6.07 Å². The third-order valence-electron chi connectivity index (χ3n) is 5.81. The van der Waals surface area contributed by atoms with Crippen LogP contribution in [0.4, 0.5) is 0 Å². The van der Waals surface area contributed by atoms with Crippen LogP contribution in [-0.4, -0.2) is 52.2 Å². The number of nitrogens with zero attached hydrogens (tertiary/aromatic N) is 4. The van der Waals surface area contributed by atoms with E-state index in [1.165, 1.54) is 0 Å². The number of ether oxygens (including phenoxy) is 3. The van der Waals surface area contributed by atoms with E-state index in [4.69, 9.17) is 30.0 Å². The van der Waals surface area contributed by atoms with Crippen molar-refractivity contribution in [2.24, 2.45) is 5.73 Å². The molecule has 30 heavy (non-hydrogen) atoms. The molecule has 1 saturated carbocycles. The highest BCUT2D eigenvalue weighted by Crippen LogP contribution is 2.37. The van der Waals surface area contributed by atoms with E-state index in [2.05, 4.69) is 4.98 Å². The molecule has 0 amide bonds. The van der Waals surface area contributed by atoms with E-state index in [0.717, 1.165) is 48.0 Å². The molecule has 0 saturated heterocycles. The second-order valence-corrected chi connectivity index (χ2v) is 7.70. The number of nitrogens with two attached hydrogens (primary N) is 1. The summed E-state index contributed by atoms with van der Waals surface area (Å²) in [6.45, 7) is 1.10. The first-order chi connectivity index (χ1) is 14.7. The van der Waals surface area contributed by atoms with Crippen LogP contribution in [0.15, 0.2) is 42.6 Å². The number of hydrogen-bond acceptors (Lipinski definition) is 7. The van der Waals surface area contributed by atoms with Crippen LogP contribution >= 0.6 is 0 Å². The lowest BCUT2D eigenvalue weighted by Crippen LogP contribution is -2.41. The molecule has 3 atom stereocenters. The lowest BCUT2D eigenvalue weighted by atomic mass is 9.83. The summed E-state index contributed by atoms with van der Waals surface area (Å²) >= 11 is 0. The van der Waals surface area contributed by atoms with Crippen LogP contribution in [-0.2, 0) is 4.74 Å². The van der Waals surface area contributed by atoms with Gasteiger partial charge in [-0.2, -0.15) is 0 Å². The summed E-state index contributed by atoms with van der Waals surface area (Å²) in [4.78, 5) is 9.34. The van der Waals surface area contributed by atoms with E-state index in [9.17, 15) is 0 Å². The minimum atomic E-state index is 0.00691. The van der Waals surface area contributed by atoms with Gasteiger partial charge in [0.2, 0.25) is 0 Å². The van der Waals surface area contributed by atoms with Gasteiger partial charge < -0.3 is 19.9 Å². The van der Waals surface area contributed by atoms with Crippen molar-refractivity contribution < 1.29 is 14.2 Å². The normalized spacial score (nSPS) is 23.3. The zero-order valence-electron chi connectivity index (χ0n) is 16.9. The number of hydrogen-bond donors (Lipinski definition) is 1. The van der Waals surface area contributed by atoms with Gasteiger partial charge in [0.05, 0.1) is 11.8 Å². The van der Waals surface area contributed by atoms with Crippen molar-refractivity contribution in [1.82, 2.24) is 19.7 Å². The first-order valence-electron chi connectivity index (χ1n) is 10.3. The summed E-state index contributed by atoms with van der Waals surface area (Å²) in [6.07, 6.45) is 4.39. The number of fused-ring (bicyclic) bond motifs is 1. The van der Waals surface area contributed by atoms with E-state index in [0.29, 0.717) is 19.0 Å². The number of aromatic nitrogens is 4. The molecule has 8 heteroatoms. The van der Waals surface area contributed by atoms with Crippen molar-refractivity contribution in [3.8, 4) is 28.7 Å². The van der Waals surface area contributed by atoms with Gasteiger partial charge in [-0.25, -0.2) is 9.67 Å². The third kappa shape index (κ3) is 3.53. The van der Waals surface area contributed by atoms with Gasteiger partial charge in [-0.15, -0.1) is 5.10 Å². The van der Waals surface area contributed by atoms with Gasteiger partial charge in [0, 0.05) is 31.3 Å². The molecular weight excluding hydrogens is 382 g/mol. The van der Waals surface area contributed by atoms with Gasteiger partial charge in [0.1, 0.15) is 24.7 Å². The molecule has 2 aromatic heterocycles. The molecule has 3 aromatic rings. The summed E-state index contributed by atoms with van der Waals surface area (Å²) in [5.41, 5.74) is 7.87. The van der Waals surface area contributed by atoms with Crippen LogP contribution in [0.5, 0.6) is 11.5 Å². The third-order valence-corrected chi connectivity index (χ3v) is 5.81. The molecule has 8 nitrogen and oxygen atoms in total. The Hall–Kier alpha value is -2.97. The minimum absolute atomic E-state index is 0.00691. The number of rotatable bonds is 4. The molecule has 156 valence electrons.